The monoisotopic (exact) mass is 1630 g/mol. The van der Waals surface area contributed by atoms with E-state index < -0.39 is 256 Å². The van der Waals surface area contributed by atoms with Crippen molar-refractivity contribution in [3.63, 3.8) is 0 Å². The summed E-state index contributed by atoms with van der Waals surface area (Å²) < 4.78 is 80.2. The number of aliphatic hydroxyl groups excluding tert-OH is 18. The highest BCUT2D eigenvalue weighted by Gasteiger charge is 2.51. The molecule has 2 saturated heterocycles. The largest absolute Gasteiger partial charge is 0.484 e. The average molecular weight is 1630 g/mol. The first-order valence-corrected chi connectivity index (χ1v) is 36.1. The number of hydrogen-bond acceptors (Lipinski definition) is 37. The van der Waals surface area contributed by atoms with Crippen molar-refractivity contribution >= 4 is 29.6 Å². The van der Waals surface area contributed by atoms with Crippen LogP contribution in [-0.2, 0) is 76.0 Å². The number of aliphatic hydroxyl groups is 18. The summed E-state index contributed by atoms with van der Waals surface area (Å²) in [6.07, 6.45) is -43.7. The maximum absolute atomic E-state index is 13.3. The van der Waals surface area contributed by atoms with Gasteiger partial charge in [0.05, 0.1) is 96.0 Å². The van der Waals surface area contributed by atoms with Crippen LogP contribution in [0.5, 0.6) is 11.5 Å². The van der Waals surface area contributed by atoms with Crippen molar-refractivity contribution in [2.75, 3.05) is 92.4 Å². The van der Waals surface area contributed by atoms with Gasteiger partial charge in [-0.15, -0.1) is 0 Å². The van der Waals surface area contributed by atoms with E-state index in [0.29, 0.717) is 22.3 Å². The van der Waals surface area contributed by atoms with Crippen molar-refractivity contribution in [1.29, 1.82) is 0 Å². The summed E-state index contributed by atoms with van der Waals surface area (Å²) >= 11 is 0. The standard InChI is InChI=1S/C71H110N4O38/c1-34(84)49(26-78)106-66(47(88)24-76)112-61-57(92)53(30-82)110-68(59(61)94)104-36(3)51(28-80)108-70(63(96)74-38(5)86)100-17-9-15-72-55(90)32-102-45-21-44(42-13-7-11-40(19-42)41-12-8-14-43(20-41)65(98)99)22-46(23-45)103-33-56(91)73-16-10-18-101-71(64(97)75-39(6)87)109-52(29-81)37(4)105-69-60(95)62(58(93)54(31-83)111-69)113-67(48(89)25-77)107-50(27-79)35(2)85/h7-8,11-14,19-23,34-37,47-54,57-64,66-71,76-85,88-89,92-97H,9-10,15-18,24-33H2,1-6H3,(H,72,90)(H,73,91)(H,74,86)(H,75,87)(H,98,99)/t34-,35-,36+,37+,47+,48+,49?,50?,51?,52?,53?,54?,57?,58?,59?,60?,61?,62?,63+,64+,66?,67?,68?,69?,70?,71?/m1/s1. The predicted molar refractivity (Wildman–Crippen MR) is 381 cm³/mol. The summed E-state index contributed by atoms with van der Waals surface area (Å²) in [6, 6.07) is 17.7. The van der Waals surface area contributed by atoms with Gasteiger partial charge in [-0.05, 0) is 93.1 Å². The normalized spacial score (nSPS) is 24.2. The number of benzene rings is 3. The second kappa shape index (κ2) is 49.5. The number of ether oxygens (including phenoxy) is 14. The lowest BCUT2D eigenvalue weighted by molar-refractivity contribution is -0.353. The number of carboxylic acid groups (broad SMARTS) is 1. The Morgan fingerprint density at radius 1 is 0.451 bits per heavy atom. The average Bonchev–Trinajstić information content (AvgIpc) is 0.801. The molecular weight excluding hydrogens is 1520 g/mol. The fraction of sp³-hybridized carbons (Fsp3) is 0.676. The van der Waals surface area contributed by atoms with Crippen LogP contribution in [-0.4, -0.2) is 379 Å². The lowest BCUT2D eigenvalue weighted by Crippen LogP contribution is -2.62. The van der Waals surface area contributed by atoms with Gasteiger partial charge in [-0.25, -0.2) is 4.79 Å². The summed E-state index contributed by atoms with van der Waals surface area (Å²) in [4.78, 5) is 62.7. The van der Waals surface area contributed by atoms with E-state index >= 15 is 0 Å². The Morgan fingerprint density at radius 3 is 1.18 bits per heavy atom. The first kappa shape index (κ1) is 97.0. The van der Waals surface area contributed by atoms with E-state index in [1.54, 1.807) is 48.5 Å². The highest BCUT2D eigenvalue weighted by Crippen LogP contribution is 2.35. The maximum Gasteiger partial charge on any atom is 0.335 e. The van der Waals surface area contributed by atoms with E-state index in [1.807, 2.05) is 0 Å². The van der Waals surface area contributed by atoms with Gasteiger partial charge < -0.3 is 185 Å². The van der Waals surface area contributed by atoms with Crippen LogP contribution in [0.1, 0.15) is 64.7 Å². The van der Waals surface area contributed by atoms with E-state index in [-0.39, 0.29) is 56.2 Å². The lowest BCUT2D eigenvalue weighted by atomic mass is 9.97. The molecule has 42 nitrogen and oxygen atoms in total. The minimum Gasteiger partial charge on any atom is -0.484 e. The molecule has 0 aromatic heterocycles. The third-order valence-corrected chi connectivity index (χ3v) is 17.3. The van der Waals surface area contributed by atoms with Crippen LogP contribution >= 0.6 is 0 Å². The summed E-state index contributed by atoms with van der Waals surface area (Å²) in [5.74, 6) is -3.79. The molecule has 2 heterocycles. The van der Waals surface area contributed by atoms with E-state index in [1.165, 1.54) is 45.9 Å². The third-order valence-electron chi connectivity index (χ3n) is 17.3. The van der Waals surface area contributed by atoms with Gasteiger partial charge in [0.25, 0.3) is 11.8 Å². The Labute approximate surface area is 649 Å². The molecule has 0 radical (unpaired) electrons. The van der Waals surface area contributed by atoms with Gasteiger partial charge in [0.15, 0.2) is 50.8 Å². The van der Waals surface area contributed by atoms with E-state index in [9.17, 15) is 121 Å². The van der Waals surface area contributed by atoms with Gasteiger partial charge >= 0.3 is 5.97 Å². The molecule has 0 bridgehead atoms. The van der Waals surface area contributed by atoms with Gasteiger partial charge in [0.2, 0.25) is 24.4 Å². The summed E-state index contributed by atoms with van der Waals surface area (Å²) in [5, 5.41) is 207. The van der Waals surface area contributed by atoms with Gasteiger partial charge in [0, 0.05) is 33.0 Å². The molecule has 4 amide bonds. The minimum atomic E-state index is -1.98. The van der Waals surface area contributed by atoms with Crippen molar-refractivity contribution < 1.29 is 187 Å². The molecule has 113 heavy (non-hydrogen) atoms. The maximum atomic E-state index is 13.3. The predicted octanol–water partition coefficient (Wildman–Crippen LogP) is -7.83. The van der Waals surface area contributed by atoms with Crippen LogP contribution in [0.2, 0.25) is 0 Å². The molecule has 0 saturated carbocycles. The number of carboxylic acids is 1. The number of carbonyl (C=O) groups excluding carboxylic acids is 4. The quantitative estimate of drug-likeness (QED) is 0.0184. The second-order valence-corrected chi connectivity index (χ2v) is 26.4. The molecular formula is C71H110N4O38. The van der Waals surface area contributed by atoms with Crippen molar-refractivity contribution in [1.82, 2.24) is 21.3 Å². The molecule has 0 aliphatic carbocycles. The van der Waals surface area contributed by atoms with Crippen molar-refractivity contribution in [3.8, 4) is 33.8 Å². The zero-order valence-corrected chi connectivity index (χ0v) is 62.9. The lowest BCUT2D eigenvalue weighted by Gasteiger charge is -2.44. The Morgan fingerprint density at radius 2 is 0.823 bits per heavy atom. The zero-order valence-electron chi connectivity index (χ0n) is 62.9. The Bertz CT molecular complexity index is 3140. The molecule has 2 aliphatic rings. The summed E-state index contributed by atoms with van der Waals surface area (Å²) in [5.41, 5.74) is 2.22. The molecule has 0 spiro atoms. The molecule has 18 unspecified atom stereocenters. The Hall–Kier alpha value is -6.59. The molecule has 42 heteroatoms. The van der Waals surface area contributed by atoms with E-state index in [0.717, 1.165) is 13.8 Å². The van der Waals surface area contributed by atoms with E-state index in [2.05, 4.69) is 21.3 Å². The Balaban J connectivity index is 1.21. The third kappa shape index (κ3) is 30.8. The van der Waals surface area contributed by atoms with Crippen molar-refractivity contribution in [2.24, 2.45) is 0 Å². The number of aromatic carboxylic acids is 1. The number of hydrogen-bond donors (Lipinski definition) is 23. The molecule has 5 rings (SSSR count). The van der Waals surface area contributed by atoms with Crippen LogP contribution in [0.3, 0.4) is 0 Å². The number of amides is 4. The molecule has 642 valence electrons. The molecule has 23 N–H and O–H groups in total. The molecule has 26 atom stereocenters. The zero-order chi connectivity index (χ0) is 83.8. The van der Waals surface area contributed by atoms with Crippen LogP contribution in [0.25, 0.3) is 22.3 Å². The fourth-order valence-electron chi connectivity index (χ4n) is 11.0. The van der Waals surface area contributed by atoms with Gasteiger partial charge in [0.1, 0.15) is 97.0 Å². The fourth-order valence-corrected chi connectivity index (χ4v) is 11.0. The molecule has 3 aromatic carbocycles. The first-order chi connectivity index (χ1) is 53.7. The number of carbonyl (C=O) groups is 5. The smallest absolute Gasteiger partial charge is 0.335 e. The van der Waals surface area contributed by atoms with Gasteiger partial charge in [-0.2, -0.15) is 0 Å². The van der Waals surface area contributed by atoms with Gasteiger partial charge in [-0.3, -0.25) is 19.2 Å². The molecule has 3 aromatic rings. The summed E-state index contributed by atoms with van der Waals surface area (Å²) in [7, 11) is 0. The Kier molecular flexibility index (Phi) is 42.5. The van der Waals surface area contributed by atoms with Crippen LogP contribution in [0, 0.1) is 0 Å². The SMILES string of the molecule is CC(=O)N[C@@H](O)C(OCCCNC(=O)COc1cc(OCC(=O)NCCCOC(OC(CO)[C@H](C)OC2OC(CO)C(O)C(OC(OC(CO)[C@@H](C)O)[C@@H](O)CO)C2O)[C@H](O)NC(C)=O)cc(-c2cccc(-c3cccc(C(=O)O)c3)c2)c1)OC(CO)[C@H](C)OC1OC(CO)C(O)C(OC(OC(CO)[C@@H](C)O)[C@@H](O)CO)C1O. The molecule has 2 aliphatic heterocycles. The van der Waals surface area contributed by atoms with Gasteiger partial charge in [-0.1, -0.05) is 30.3 Å². The second-order valence-electron chi connectivity index (χ2n) is 26.4. The van der Waals surface area contributed by atoms with Crippen LogP contribution in [0.15, 0.2) is 66.7 Å². The minimum absolute atomic E-state index is 0.0226. The topological polar surface area (TPSA) is 647 Å². The van der Waals surface area contributed by atoms with Crippen molar-refractivity contribution in [3.05, 3.63) is 72.3 Å². The van der Waals surface area contributed by atoms with E-state index in [4.69, 9.17) is 66.3 Å². The van der Waals surface area contributed by atoms with Crippen LogP contribution < -0.4 is 30.7 Å². The number of rotatable bonds is 53. The molecule has 2 fully saturated rings. The van der Waals surface area contributed by atoms with Crippen LogP contribution in [0.4, 0.5) is 0 Å². The highest BCUT2D eigenvalue weighted by atomic mass is 16.8. The summed E-state index contributed by atoms with van der Waals surface area (Å²) in [6.45, 7) is -1.68. The highest BCUT2D eigenvalue weighted by molar-refractivity contribution is 5.89. The first-order valence-electron chi connectivity index (χ1n) is 36.1. The number of nitrogens with one attached hydrogen (secondary N) is 4. The van der Waals surface area contributed by atoms with Crippen molar-refractivity contribution in [2.45, 2.75) is 214 Å².